The fourth-order valence-electron chi connectivity index (χ4n) is 3.16. The van der Waals surface area contributed by atoms with Gasteiger partial charge in [0.15, 0.2) is 0 Å². The minimum absolute atomic E-state index is 0.774. The molecule has 0 amide bonds. The molecule has 0 fully saturated rings. The SMILES string of the molecule is Cc1cc(C)c(CCc2cn(Cc3ccccc3)nn2)c(C)c1. The van der Waals surface area contributed by atoms with Crippen molar-refractivity contribution < 1.29 is 0 Å². The summed E-state index contributed by atoms with van der Waals surface area (Å²) in [5.74, 6) is 0. The lowest BCUT2D eigenvalue weighted by atomic mass is 9.96. The number of nitrogens with zero attached hydrogens (tertiary/aromatic N) is 3. The monoisotopic (exact) mass is 305 g/mol. The van der Waals surface area contributed by atoms with Gasteiger partial charge in [0.2, 0.25) is 0 Å². The van der Waals surface area contributed by atoms with Crippen LogP contribution in [-0.4, -0.2) is 15.0 Å². The van der Waals surface area contributed by atoms with Gasteiger partial charge in [-0.2, -0.15) is 0 Å². The second-order valence-corrected chi connectivity index (χ2v) is 6.27. The van der Waals surface area contributed by atoms with Gasteiger partial charge in [-0.3, -0.25) is 0 Å². The van der Waals surface area contributed by atoms with E-state index < -0.39 is 0 Å². The summed E-state index contributed by atoms with van der Waals surface area (Å²) in [5.41, 5.74) is 7.82. The Morgan fingerprint density at radius 2 is 1.61 bits per heavy atom. The van der Waals surface area contributed by atoms with E-state index in [0.717, 1.165) is 25.1 Å². The van der Waals surface area contributed by atoms with Gasteiger partial charge in [-0.05, 0) is 55.9 Å². The van der Waals surface area contributed by atoms with E-state index >= 15 is 0 Å². The van der Waals surface area contributed by atoms with Crippen molar-refractivity contribution in [3.05, 3.63) is 82.2 Å². The van der Waals surface area contributed by atoms with Crippen molar-refractivity contribution in [2.45, 2.75) is 40.2 Å². The molecule has 0 saturated carbocycles. The van der Waals surface area contributed by atoms with E-state index in [1.54, 1.807) is 0 Å². The number of aryl methyl sites for hydroxylation is 4. The van der Waals surface area contributed by atoms with Gasteiger partial charge in [0.05, 0.1) is 12.2 Å². The molecule has 0 radical (unpaired) electrons. The van der Waals surface area contributed by atoms with Crippen LogP contribution in [0.4, 0.5) is 0 Å². The number of aromatic nitrogens is 3. The molecule has 0 atom stereocenters. The van der Waals surface area contributed by atoms with Gasteiger partial charge in [0, 0.05) is 6.20 Å². The van der Waals surface area contributed by atoms with Gasteiger partial charge in [0.1, 0.15) is 0 Å². The zero-order valence-electron chi connectivity index (χ0n) is 14.1. The third-order valence-electron chi connectivity index (χ3n) is 4.25. The van der Waals surface area contributed by atoms with Crippen LogP contribution in [0.25, 0.3) is 0 Å². The van der Waals surface area contributed by atoms with Gasteiger partial charge >= 0.3 is 0 Å². The summed E-state index contributed by atoms with van der Waals surface area (Å²) >= 11 is 0. The highest BCUT2D eigenvalue weighted by molar-refractivity contribution is 5.37. The van der Waals surface area contributed by atoms with Crippen LogP contribution in [0.2, 0.25) is 0 Å². The van der Waals surface area contributed by atoms with E-state index in [1.165, 1.54) is 27.8 Å². The highest BCUT2D eigenvalue weighted by atomic mass is 15.4. The first-order valence-electron chi connectivity index (χ1n) is 8.11. The number of hydrogen-bond acceptors (Lipinski definition) is 2. The van der Waals surface area contributed by atoms with Crippen molar-refractivity contribution in [3.63, 3.8) is 0 Å². The molecule has 0 unspecified atom stereocenters. The minimum Gasteiger partial charge on any atom is -0.248 e. The fourth-order valence-corrected chi connectivity index (χ4v) is 3.16. The molecule has 0 aliphatic carbocycles. The van der Waals surface area contributed by atoms with Crippen LogP contribution in [0, 0.1) is 20.8 Å². The van der Waals surface area contributed by atoms with Gasteiger partial charge in [-0.25, -0.2) is 4.68 Å². The highest BCUT2D eigenvalue weighted by Gasteiger charge is 2.07. The van der Waals surface area contributed by atoms with Gasteiger partial charge in [-0.1, -0.05) is 53.2 Å². The summed E-state index contributed by atoms with van der Waals surface area (Å²) in [7, 11) is 0. The predicted octanol–water partition coefficient (Wildman–Crippen LogP) is 4.04. The molecule has 0 aliphatic heterocycles. The molecule has 3 rings (SSSR count). The van der Waals surface area contributed by atoms with Crippen LogP contribution in [0.15, 0.2) is 48.7 Å². The van der Waals surface area contributed by atoms with Crippen LogP contribution < -0.4 is 0 Å². The Kier molecular flexibility index (Phi) is 4.56. The molecule has 23 heavy (non-hydrogen) atoms. The van der Waals surface area contributed by atoms with Crippen LogP contribution in [-0.2, 0) is 19.4 Å². The lowest BCUT2D eigenvalue weighted by molar-refractivity contribution is 0.649. The molecule has 2 aromatic carbocycles. The Morgan fingerprint density at radius 1 is 0.913 bits per heavy atom. The molecule has 118 valence electrons. The van der Waals surface area contributed by atoms with Gasteiger partial charge in [-0.15, -0.1) is 5.10 Å². The molecule has 1 heterocycles. The van der Waals surface area contributed by atoms with Crippen molar-refractivity contribution in [3.8, 4) is 0 Å². The fraction of sp³-hybridized carbons (Fsp3) is 0.300. The van der Waals surface area contributed by atoms with Crippen LogP contribution in [0.5, 0.6) is 0 Å². The third-order valence-corrected chi connectivity index (χ3v) is 4.25. The van der Waals surface area contributed by atoms with Crippen molar-refractivity contribution in [1.82, 2.24) is 15.0 Å². The molecular formula is C20H23N3. The molecule has 3 aromatic rings. The number of benzene rings is 2. The zero-order valence-corrected chi connectivity index (χ0v) is 14.1. The van der Waals surface area contributed by atoms with Crippen molar-refractivity contribution in [1.29, 1.82) is 0 Å². The summed E-state index contributed by atoms with van der Waals surface area (Å²) in [5, 5.41) is 8.57. The Bertz CT molecular complexity index is 765. The third kappa shape index (κ3) is 3.86. The van der Waals surface area contributed by atoms with Gasteiger partial charge in [0.25, 0.3) is 0 Å². The molecule has 1 aromatic heterocycles. The maximum Gasteiger partial charge on any atom is 0.0830 e. The Morgan fingerprint density at radius 3 is 2.30 bits per heavy atom. The Hall–Kier alpha value is -2.42. The second kappa shape index (κ2) is 6.78. The Balaban J connectivity index is 1.66. The largest absolute Gasteiger partial charge is 0.248 e. The van der Waals surface area contributed by atoms with Gasteiger partial charge < -0.3 is 0 Å². The zero-order chi connectivity index (χ0) is 16.2. The molecule has 0 bridgehead atoms. The van der Waals surface area contributed by atoms with E-state index in [2.05, 4.69) is 73.7 Å². The van der Waals surface area contributed by atoms with Crippen molar-refractivity contribution >= 4 is 0 Å². The summed E-state index contributed by atoms with van der Waals surface area (Å²) in [6.45, 7) is 7.32. The summed E-state index contributed by atoms with van der Waals surface area (Å²) in [6, 6.07) is 14.9. The highest BCUT2D eigenvalue weighted by Crippen LogP contribution is 2.18. The number of hydrogen-bond donors (Lipinski definition) is 0. The number of rotatable bonds is 5. The first-order valence-corrected chi connectivity index (χ1v) is 8.11. The maximum atomic E-state index is 4.32. The summed E-state index contributed by atoms with van der Waals surface area (Å²) in [4.78, 5) is 0. The van der Waals surface area contributed by atoms with E-state index in [-0.39, 0.29) is 0 Å². The molecule has 3 heteroatoms. The maximum absolute atomic E-state index is 4.32. The first kappa shape index (κ1) is 15.5. The van der Waals surface area contributed by atoms with Crippen LogP contribution >= 0.6 is 0 Å². The minimum atomic E-state index is 0.774. The molecule has 0 aliphatic rings. The molecule has 0 N–H and O–H groups in total. The molecular weight excluding hydrogens is 282 g/mol. The van der Waals surface area contributed by atoms with Crippen LogP contribution in [0.1, 0.15) is 33.5 Å². The normalized spacial score (nSPS) is 10.9. The smallest absolute Gasteiger partial charge is 0.0830 e. The first-order chi connectivity index (χ1) is 11.1. The summed E-state index contributed by atoms with van der Waals surface area (Å²) in [6.07, 6.45) is 4.01. The van der Waals surface area contributed by atoms with E-state index in [0.29, 0.717) is 0 Å². The van der Waals surface area contributed by atoms with Crippen molar-refractivity contribution in [2.24, 2.45) is 0 Å². The Labute approximate surface area is 138 Å². The average molecular weight is 305 g/mol. The summed E-state index contributed by atoms with van der Waals surface area (Å²) < 4.78 is 1.92. The average Bonchev–Trinajstić information content (AvgIpc) is 2.94. The molecule has 3 nitrogen and oxygen atoms in total. The van der Waals surface area contributed by atoms with Crippen LogP contribution in [0.3, 0.4) is 0 Å². The topological polar surface area (TPSA) is 30.7 Å². The molecule has 0 spiro atoms. The second-order valence-electron chi connectivity index (χ2n) is 6.27. The van der Waals surface area contributed by atoms with E-state index in [4.69, 9.17) is 0 Å². The lowest BCUT2D eigenvalue weighted by Gasteiger charge is -2.10. The lowest BCUT2D eigenvalue weighted by Crippen LogP contribution is -2.00. The van der Waals surface area contributed by atoms with E-state index in [9.17, 15) is 0 Å². The molecule has 0 saturated heterocycles. The standard InChI is InChI=1S/C20H23N3/c1-15-11-16(2)20(17(3)12-15)10-9-19-14-23(22-21-19)13-18-7-5-4-6-8-18/h4-8,11-12,14H,9-10,13H2,1-3H3. The van der Waals surface area contributed by atoms with Crippen molar-refractivity contribution in [2.75, 3.05) is 0 Å². The van der Waals surface area contributed by atoms with E-state index in [1.807, 2.05) is 10.7 Å². The quantitative estimate of drug-likeness (QED) is 0.712. The predicted molar refractivity (Wildman–Crippen MR) is 93.6 cm³/mol.